The number of carbonyl (C=O) groups excluding carboxylic acids is 1. The van der Waals surface area contributed by atoms with Crippen LogP contribution in [0.4, 0.5) is 0 Å². The highest BCUT2D eigenvalue weighted by Crippen LogP contribution is 2.06. The highest BCUT2D eigenvalue weighted by Gasteiger charge is 2.18. The lowest BCUT2D eigenvalue weighted by molar-refractivity contribution is -0.140. The molecule has 0 bridgehead atoms. The largest absolute Gasteiger partial charge is 0.480 e. The lowest BCUT2D eigenvalue weighted by Crippen LogP contribution is -2.41. The lowest BCUT2D eigenvalue weighted by atomic mass is 10.3. The van der Waals surface area contributed by atoms with E-state index in [-0.39, 0.29) is 18.3 Å². The van der Waals surface area contributed by atoms with Gasteiger partial charge in [-0.25, -0.2) is 4.79 Å². The molecule has 3 N–H and O–H groups in total. The van der Waals surface area contributed by atoms with Crippen LogP contribution in [0, 0.1) is 0 Å². The van der Waals surface area contributed by atoms with E-state index in [1.165, 1.54) is 25.8 Å². The van der Waals surface area contributed by atoms with Gasteiger partial charge in [-0.3, -0.25) is 4.79 Å². The topological polar surface area (TPSA) is 95.9 Å². The third kappa shape index (κ3) is 7.49. The zero-order valence-electron chi connectivity index (χ0n) is 9.30. The van der Waals surface area contributed by atoms with Gasteiger partial charge in [-0.15, -0.1) is 0 Å². The first-order chi connectivity index (χ1) is 7.47. The fraction of sp³-hybridized carbons (Fsp3) is 0.778. The SMILES string of the molecule is COCC(O)CSC[C@H](NC(C)=O)C(=O)O. The standard InChI is InChI=1S/C9H17NO5S/c1-6(11)10-8(9(13)14)5-16-4-7(12)3-15-2/h7-8,12H,3-5H2,1-2H3,(H,10,11)(H,13,14)/t7?,8-/m0/s1. The number of hydrogen-bond donors (Lipinski definition) is 3. The number of hydrogen-bond acceptors (Lipinski definition) is 5. The zero-order chi connectivity index (χ0) is 12.6. The maximum absolute atomic E-state index is 10.7. The van der Waals surface area contributed by atoms with Gasteiger partial charge in [0.15, 0.2) is 0 Å². The van der Waals surface area contributed by atoms with Crippen LogP contribution < -0.4 is 5.32 Å². The summed E-state index contributed by atoms with van der Waals surface area (Å²) in [6.07, 6.45) is -0.623. The molecule has 94 valence electrons. The van der Waals surface area contributed by atoms with E-state index in [9.17, 15) is 14.7 Å². The molecule has 0 saturated carbocycles. The van der Waals surface area contributed by atoms with Gasteiger partial charge < -0.3 is 20.3 Å². The Balaban J connectivity index is 3.84. The van der Waals surface area contributed by atoms with Crippen molar-refractivity contribution in [2.24, 2.45) is 0 Å². The summed E-state index contributed by atoms with van der Waals surface area (Å²) in [7, 11) is 1.48. The first kappa shape index (κ1) is 15.2. The smallest absolute Gasteiger partial charge is 0.327 e. The van der Waals surface area contributed by atoms with Crippen molar-refractivity contribution in [1.82, 2.24) is 5.32 Å². The third-order valence-electron chi connectivity index (χ3n) is 1.63. The van der Waals surface area contributed by atoms with Crippen molar-refractivity contribution in [3.8, 4) is 0 Å². The molecule has 0 aliphatic heterocycles. The molecule has 0 heterocycles. The van der Waals surface area contributed by atoms with Crippen LogP contribution in [0.2, 0.25) is 0 Å². The van der Waals surface area contributed by atoms with Gasteiger partial charge in [0, 0.05) is 25.5 Å². The summed E-state index contributed by atoms with van der Waals surface area (Å²) in [5, 5.41) is 20.4. The van der Waals surface area contributed by atoms with E-state index in [1.54, 1.807) is 0 Å². The van der Waals surface area contributed by atoms with Gasteiger partial charge in [0.2, 0.25) is 5.91 Å². The maximum atomic E-state index is 10.7. The Morgan fingerprint density at radius 2 is 2.06 bits per heavy atom. The van der Waals surface area contributed by atoms with Gasteiger partial charge in [-0.2, -0.15) is 11.8 Å². The molecule has 0 aliphatic rings. The molecule has 0 spiro atoms. The maximum Gasteiger partial charge on any atom is 0.327 e. The molecule has 16 heavy (non-hydrogen) atoms. The molecule has 6 nitrogen and oxygen atoms in total. The average Bonchev–Trinajstić information content (AvgIpc) is 2.15. The van der Waals surface area contributed by atoms with Gasteiger partial charge in [0.25, 0.3) is 0 Å². The van der Waals surface area contributed by atoms with Gasteiger partial charge in [0.05, 0.1) is 12.7 Å². The molecule has 0 aromatic rings. The number of methoxy groups -OCH3 is 1. The van der Waals surface area contributed by atoms with E-state index in [0.29, 0.717) is 5.75 Å². The summed E-state index contributed by atoms with van der Waals surface area (Å²) in [5.74, 6) is -0.873. The average molecular weight is 251 g/mol. The zero-order valence-corrected chi connectivity index (χ0v) is 10.1. The summed E-state index contributed by atoms with van der Waals surface area (Å²) >= 11 is 1.25. The number of carbonyl (C=O) groups is 2. The van der Waals surface area contributed by atoms with E-state index >= 15 is 0 Å². The minimum absolute atomic E-state index is 0.213. The molecule has 1 unspecified atom stereocenters. The number of aliphatic hydroxyl groups excluding tert-OH is 1. The minimum Gasteiger partial charge on any atom is -0.480 e. The van der Waals surface area contributed by atoms with Gasteiger partial charge >= 0.3 is 5.97 Å². The third-order valence-corrected chi connectivity index (χ3v) is 2.82. The summed E-state index contributed by atoms with van der Waals surface area (Å²) in [6.45, 7) is 1.48. The van der Waals surface area contributed by atoms with E-state index in [0.717, 1.165) is 0 Å². The number of carboxylic acids is 1. The molecule has 0 aromatic carbocycles. The molecular formula is C9H17NO5S. The molecule has 7 heteroatoms. The summed E-state index contributed by atoms with van der Waals surface area (Å²) in [5.41, 5.74) is 0. The minimum atomic E-state index is -1.08. The molecule has 0 radical (unpaired) electrons. The molecule has 0 saturated heterocycles. The Bertz CT molecular complexity index is 236. The van der Waals surface area contributed by atoms with Crippen LogP contribution in [-0.2, 0) is 14.3 Å². The van der Waals surface area contributed by atoms with Crippen molar-refractivity contribution in [2.45, 2.75) is 19.1 Å². The van der Waals surface area contributed by atoms with Gasteiger partial charge in [-0.05, 0) is 0 Å². The Kier molecular flexibility index (Phi) is 7.96. The Morgan fingerprint density at radius 1 is 1.44 bits per heavy atom. The Morgan fingerprint density at radius 3 is 2.50 bits per heavy atom. The second-order valence-electron chi connectivity index (χ2n) is 3.24. The van der Waals surface area contributed by atoms with Crippen molar-refractivity contribution >= 4 is 23.6 Å². The Hall–Kier alpha value is -0.790. The normalized spacial score (nSPS) is 14.2. The van der Waals surface area contributed by atoms with Gasteiger partial charge in [-0.1, -0.05) is 0 Å². The fourth-order valence-electron chi connectivity index (χ4n) is 0.982. The van der Waals surface area contributed by atoms with Crippen LogP contribution in [0.15, 0.2) is 0 Å². The quantitative estimate of drug-likeness (QED) is 0.529. The molecule has 0 aromatic heterocycles. The van der Waals surface area contributed by atoms with Gasteiger partial charge in [0.1, 0.15) is 6.04 Å². The first-order valence-corrected chi connectivity index (χ1v) is 5.87. The highest BCUT2D eigenvalue weighted by molar-refractivity contribution is 7.99. The van der Waals surface area contributed by atoms with Crippen LogP contribution in [0.5, 0.6) is 0 Å². The van der Waals surface area contributed by atoms with Crippen molar-refractivity contribution in [1.29, 1.82) is 0 Å². The number of thioether (sulfide) groups is 1. The number of nitrogens with one attached hydrogen (secondary N) is 1. The second kappa shape index (κ2) is 8.37. The monoisotopic (exact) mass is 251 g/mol. The van der Waals surface area contributed by atoms with E-state index in [4.69, 9.17) is 9.84 Å². The summed E-state index contributed by atoms with van der Waals surface area (Å²) in [6, 6.07) is -0.919. The van der Waals surface area contributed by atoms with Crippen LogP contribution in [-0.4, -0.2) is 59.5 Å². The number of carboxylic acid groups (broad SMARTS) is 1. The fourth-order valence-corrected chi connectivity index (χ4v) is 1.95. The van der Waals surface area contributed by atoms with E-state index < -0.39 is 18.1 Å². The number of amides is 1. The van der Waals surface area contributed by atoms with E-state index in [1.807, 2.05) is 0 Å². The number of aliphatic hydroxyl groups is 1. The van der Waals surface area contributed by atoms with Crippen molar-refractivity contribution in [2.75, 3.05) is 25.2 Å². The number of rotatable bonds is 8. The highest BCUT2D eigenvalue weighted by atomic mass is 32.2. The first-order valence-electron chi connectivity index (χ1n) is 4.72. The molecule has 0 fully saturated rings. The number of ether oxygens (including phenoxy) is 1. The van der Waals surface area contributed by atoms with E-state index in [2.05, 4.69) is 5.32 Å². The van der Waals surface area contributed by atoms with Crippen LogP contribution >= 0.6 is 11.8 Å². The summed E-state index contributed by atoms with van der Waals surface area (Å²) < 4.78 is 4.72. The predicted octanol–water partition coefficient (Wildman–Crippen LogP) is -0.684. The molecule has 1 amide bonds. The molecule has 0 rings (SSSR count). The van der Waals surface area contributed by atoms with Crippen LogP contribution in [0.1, 0.15) is 6.92 Å². The Labute approximate surface area is 98.4 Å². The van der Waals surface area contributed by atoms with Crippen molar-refractivity contribution in [3.63, 3.8) is 0 Å². The van der Waals surface area contributed by atoms with Crippen LogP contribution in [0.3, 0.4) is 0 Å². The lowest BCUT2D eigenvalue weighted by Gasteiger charge is -2.14. The second-order valence-corrected chi connectivity index (χ2v) is 4.31. The van der Waals surface area contributed by atoms with Crippen molar-refractivity contribution in [3.05, 3.63) is 0 Å². The predicted molar refractivity (Wildman–Crippen MR) is 60.4 cm³/mol. The summed E-state index contributed by atoms with van der Waals surface area (Å²) in [4.78, 5) is 21.4. The molecule has 0 aliphatic carbocycles. The molecular weight excluding hydrogens is 234 g/mol. The number of aliphatic carboxylic acids is 1. The van der Waals surface area contributed by atoms with Crippen LogP contribution in [0.25, 0.3) is 0 Å². The van der Waals surface area contributed by atoms with Crippen molar-refractivity contribution < 1.29 is 24.5 Å². The molecule has 2 atom stereocenters.